The molecule has 2 atom stereocenters. The topological polar surface area (TPSA) is 106 Å². The van der Waals surface area contributed by atoms with E-state index >= 15 is 0 Å². The summed E-state index contributed by atoms with van der Waals surface area (Å²) < 4.78 is 22.8. The van der Waals surface area contributed by atoms with Crippen LogP contribution in [0, 0.1) is 6.92 Å². The molecule has 192 valence electrons. The zero-order valence-corrected chi connectivity index (χ0v) is 21.3. The molecule has 2 aromatic rings. The van der Waals surface area contributed by atoms with E-state index in [0.717, 1.165) is 34.6 Å². The van der Waals surface area contributed by atoms with Gasteiger partial charge in [-0.3, -0.25) is 0 Å². The van der Waals surface area contributed by atoms with Crippen LogP contribution in [0.3, 0.4) is 0 Å². The Morgan fingerprint density at radius 1 is 1.25 bits per heavy atom. The minimum absolute atomic E-state index is 0.101. The van der Waals surface area contributed by atoms with Crippen molar-refractivity contribution >= 4 is 17.6 Å². The van der Waals surface area contributed by atoms with E-state index < -0.39 is 12.1 Å². The molecule has 5 rings (SSSR count). The molecule has 0 unspecified atom stereocenters. The molecule has 3 N–H and O–H groups in total. The Morgan fingerprint density at radius 2 is 2.00 bits per heavy atom. The summed E-state index contributed by atoms with van der Waals surface area (Å²) in [6, 6.07) is 7.75. The van der Waals surface area contributed by atoms with Crippen LogP contribution in [-0.4, -0.2) is 54.2 Å². The quantitative estimate of drug-likeness (QED) is 0.439. The Balaban J connectivity index is 1.14. The summed E-state index contributed by atoms with van der Waals surface area (Å²) >= 11 is 6.49. The van der Waals surface area contributed by atoms with E-state index in [-0.39, 0.29) is 30.2 Å². The summed E-state index contributed by atoms with van der Waals surface area (Å²) in [7, 11) is 0. The van der Waals surface area contributed by atoms with Gasteiger partial charge in [-0.1, -0.05) is 17.7 Å². The van der Waals surface area contributed by atoms with E-state index in [2.05, 4.69) is 19.2 Å². The number of β-amino-alcohol motifs (C(OH)–C–C–N with tert-alkyl or cyclic N) is 1. The normalized spacial score (nSPS) is 18.4. The molecule has 2 heterocycles. The van der Waals surface area contributed by atoms with Gasteiger partial charge in [0.15, 0.2) is 11.5 Å². The first-order chi connectivity index (χ1) is 17.1. The molecule has 3 aliphatic rings. The predicted molar refractivity (Wildman–Crippen MR) is 133 cm³/mol. The number of carbonyl (C=O) groups is 1. The number of aryl methyl sites for hydroxylation is 1. The zero-order chi connectivity index (χ0) is 25.6. The zero-order valence-electron chi connectivity index (χ0n) is 20.5. The van der Waals surface area contributed by atoms with Gasteiger partial charge in [-0.2, -0.15) is 0 Å². The van der Waals surface area contributed by atoms with Crippen molar-refractivity contribution in [2.45, 2.75) is 51.4 Å². The molecule has 8 nitrogen and oxygen atoms in total. The average molecular weight is 516 g/mol. The number of halogens is 1. The van der Waals surface area contributed by atoms with Gasteiger partial charge in [0.05, 0.1) is 30.8 Å². The van der Waals surface area contributed by atoms with Crippen molar-refractivity contribution in [2.24, 2.45) is 0 Å². The maximum Gasteiger partial charge on any atom is 0.336 e. The lowest BCUT2D eigenvalue weighted by Crippen LogP contribution is -2.46. The van der Waals surface area contributed by atoms with Gasteiger partial charge in [0.2, 0.25) is 0 Å². The first-order valence-electron chi connectivity index (χ1n) is 12.0. The summed E-state index contributed by atoms with van der Waals surface area (Å²) in [5.74, 6) is 1.33. The molecular weight excluding hydrogens is 486 g/mol. The van der Waals surface area contributed by atoms with E-state index in [1.807, 2.05) is 25.1 Å². The molecule has 0 spiro atoms. The Kier molecular flexibility index (Phi) is 6.63. The maximum absolute atomic E-state index is 11.4. The van der Waals surface area contributed by atoms with Crippen LogP contribution in [0.1, 0.15) is 42.0 Å². The number of aliphatic carboxylic acids is 1. The molecule has 2 aliphatic heterocycles. The lowest BCUT2D eigenvalue weighted by molar-refractivity contribution is -0.132. The summed E-state index contributed by atoms with van der Waals surface area (Å²) in [6.07, 6.45) is 0.00701. The van der Waals surface area contributed by atoms with Gasteiger partial charge >= 0.3 is 5.97 Å². The Hall–Kier alpha value is -2.78. The Morgan fingerprint density at radius 3 is 2.75 bits per heavy atom. The van der Waals surface area contributed by atoms with Crippen molar-refractivity contribution in [2.75, 3.05) is 26.4 Å². The van der Waals surface area contributed by atoms with Gasteiger partial charge in [0, 0.05) is 28.2 Å². The van der Waals surface area contributed by atoms with Crippen LogP contribution >= 0.6 is 11.6 Å². The lowest BCUT2D eigenvalue weighted by atomic mass is 9.94. The molecule has 0 saturated heterocycles. The summed E-state index contributed by atoms with van der Waals surface area (Å²) in [6.45, 7) is 7.74. The van der Waals surface area contributed by atoms with Crippen LogP contribution in [0.2, 0.25) is 5.02 Å². The van der Waals surface area contributed by atoms with Crippen LogP contribution in [-0.2, 0) is 22.6 Å². The van der Waals surface area contributed by atoms with E-state index in [1.54, 1.807) is 6.07 Å². The largest absolute Gasteiger partial charge is 0.486 e. The molecule has 2 aromatic carbocycles. The van der Waals surface area contributed by atoms with Gasteiger partial charge in [-0.25, -0.2) is 4.79 Å². The first-order valence-corrected chi connectivity index (χ1v) is 12.4. The van der Waals surface area contributed by atoms with Gasteiger partial charge < -0.3 is 34.5 Å². The highest BCUT2D eigenvalue weighted by atomic mass is 35.5. The number of ether oxygens (including phenoxy) is 4. The number of carboxylic acid groups (broad SMARTS) is 1. The van der Waals surface area contributed by atoms with E-state index in [4.69, 9.17) is 30.5 Å². The van der Waals surface area contributed by atoms with Crippen LogP contribution in [0.25, 0.3) is 0 Å². The van der Waals surface area contributed by atoms with Crippen molar-refractivity contribution in [3.05, 3.63) is 62.9 Å². The SMILES string of the molecule is Cc1cc(Cl)c(COC[C@H](O)CNC(C)(C)Cc2ccc3c(c2)OCCO3)c2c1OC1=C(C(=O)O)[C@@H]12. The fraction of sp³-hybridized carbons (Fsp3) is 0.444. The number of fused-ring (bicyclic) bond motifs is 4. The molecule has 1 aliphatic carbocycles. The highest BCUT2D eigenvalue weighted by Crippen LogP contribution is 2.60. The van der Waals surface area contributed by atoms with Crippen LogP contribution in [0.4, 0.5) is 0 Å². The average Bonchev–Trinajstić information content (AvgIpc) is 3.41. The monoisotopic (exact) mass is 515 g/mol. The van der Waals surface area contributed by atoms with E-state index in [0.29, 0.717) is 41.9 Å². The number of nitrogens with one attached hydrogen (secondary N) is 1. The van der Waals surface area contributed by atoms with Gasteiger partial charge in [-0.05, 0) is 56.5 Å². The number of rotatable bonds is 10. The highest BCUT2D eigenvalue weighted by Gasteiger charge is 2.53. The standard InChI is InChI=1S/C27H30ClNO7/c1-14-8-18(28)17(21-22-23(26(31)32)25(22)36-24(14)21)13-33-12-16(30)11-29-27(2,3)10-15-4-5-19-20(9-15)35-7-6-34-19/h4-5,8-9,16,22,29-30H,6-7,10-13H2,1-3H3,(H,31,32)/t16-,22+/m1/s1. The summed E-state index contributed by atoms with van der Waals surface area (Å²) in [4.78, 5) is 11.4. The van der Waals surface area contributed by atoms with Gasteiger partial charge in [0.1, 0.15) is 24.7 Å². The van der Waals surface area contributed by atoms with Crippen molar-refractivity contribution in [3.63, 3.8) is 0 Å². The minimum Gasteiger partial charge on any atom is -0.486 e. The number of benzene rings is 2. The number of hydrogen-bond acceptors (Lipinski definition) is 7. The van der Waals surface area contributed by atoms with Crippen molar-refractivity contribution in [3.8, 4) is 17.2 Å². The second kappa shape index (κ2) is 9.59. The Bertz CT molecular complexity index is 1240. The third-order valence-electron chi connectivity index (χ3n) is 6.65. The fourth-order valence-corrected chi connectivity index (χ4v) is 5.18. The van der Waals surface area contributed by atoms with Crippen LogP contribution in [0.15, 0.2) is 35.6 Å². The fourth-order valence-electron chi connectivity index (χ4n) is 4.86. The third kappa shape index (κ3) is 4.91. The molecule has 36 heavy (non-hydrogen) atoms. The summed E-state index contributed by atoms with van der Waals surface area (Å²) in [5.41, 5.74) is 3.43. The van der Waals surface area contributed by atoms with Crippen molar-refractivity contribution in [1.29, 1.82) is 0 Å². The molecule has 0 radical (unpaired) electrons. The van der Waals surface area contributed by atoms with Gasteiger partial charge in [-0.15, -0.1) is 0 Å². The number of aliphatic hydroxyl groups excluding tert-OH is 1. The minimum atomic E-state index is -0.981. The molecular formula is C27H30ClNO7. The third-order valence-corrected chi connectivity index (χ3v) is 6.99. The lowest BCUT2D eigenvalue weighted by Gasteiger charge is -2.28. The van der Waals surface area contributed by atoms with Crippen molar-refractivity contribution in [1.82, 2.24) is 5.32 Å². The van der Waals surface area contributed by atoms with Crippen LogP contribution < -0.4 is 19.5 Å². The summed E-state index contributed by atoms with van der Waals surface area (Å²) in [5, 5.41) is 23.8. The number of carboxylic acids is 1. The number of allylic oxidation sites excluding steroid dienone is 1. The molecule has 0 fully saturated rings. The molecule has 0 aromatic heterocycles. The Labute approximate surface area is 214 Å². The molecule has 9 heteroatoms. The molecule has 0 amide bonds. The highest BCUT2D eigenvalue weighted by molar-refractivity contribution is 6.31. The van der Waals surface area contributed by atoms with Crippen LogP contribution in [0.5, 0.6) is 17.2 Å². The van der Waals surface area contributed by atoms with Crippen molar-refractivity contribution < 1.29 is 34.0 Å². The van der Waals surface area contributed by atoms with E-state index in [9.17, 15) is 15.0 Å². The smallest absolute Gasteiger partial charge is 0.336 e. The van der Waals surface area contributed by atoms with Gasteiger partial charge in [0.25, 0.3) is 0 Å². The second-order valence-corrected chi connectivity index (χ2v) is 10.5. The van der Waals surface area contributed by atoms with E-state index in [1.165, 1.54) is 0 Å². The second-order valence-electron chi connectivity index (χ2n) is 10.1. The maximum atomic E-state index is 11.4. The number of aliphatic hydroxyl groups is 1. The molecule has 0 bridgehead atoms. The molecule has 0 saturated carbocycles. The first kappa shape index (κ1) is 24.9. The number of hydrogen-bond donors (Lipinski definition) is 3. The predicted octanol–water partition coefficient (Wildman–Crippen LogP) is 3.74.